The van der Waals surface area contributed by atoms with Crippen LogP contribution in [0.1, 0.15) is 18.4 Å². The number of ether oxygens (including phenoxy) is 1. The van der Waals surface area contributed by atoms with Gasteiger partial charge in [-0.05, 0) is 48.9 Å². The van der Waals surface area contributed by atoms with Gasteiger partial charge >= 0.3 is 0 Å². The Balaban J connectivity index is 1.43. The van der Waals surface area contributed by atoms with Gasteiger partial charge in [0.1, 0.15) is 4.70 Å². The Hall–Kier alpha value is -2.40. The van der Waals surface area contributed by atoms with Crippen LogP contribution in [-0.4, -0.2) is 43.5 Å². The van der Waals surface area contributed by atoms with Crippen LogP contribution in [0.5, 0.6) is 0 Å². The molecule has 1 atom stereocenters. The van der Waals surface area contributed by atoms with Gasteiger partial charge in [-0.15, -0.1) is 21.5 Å². The van der Waals surface area contributed by atoms with E-state index in [0.29, 0.717) is 39.5 Å². The molecule has 1 saturated heterocycles. The average Bonchev–Trinajstić information content (AvgIpc) is 3.53. The fraction of sp³-hybridized carbons (Fsp3) is 0.333. The molecule has 1 aliphatic heterocycles. The van der Waals surface area contributed by atoms with Crippen LogP contribution in [0.3, 0.4) is 0 Å². The first-order chi connectivity index (χ1) is 15.5. The summed E-state index contributed by atoms with van der Waals surface area (Å²) in [6.45, 7) is 3.01. The third-order valence-corrected chi connectivity index (χ3v) is 7.70. The summed E-state index contributed by atoms with van der Waals surface area (Å²) < 4.78 is 9.86. The van der Waals surface area contributed by atoms with Crippen molar-refractivity contribution in [3.8, 4) is 0 Å². The van der Waals surface area contributed by atoms with Crippen LogP contribution in [0.4, 0.5) is 5.69 Å². The van der Waals surface area contributed by atoms with E-state index < -0.39 is 0 Å². The Kier molecular flexibility index (Phi) is 5.93. The molecule has 0 bridgehead atoms. The Bertz CT molecular complexity index is 1370. The summed E-state index contributed by atoms with van der Waals surface area (Å²) >= 11 is 8.80. The second-order valence-electron chi connectivity index (χ2n) is 7.55. The van der Waals surface area contributed by atoms with E-state index >= 15 is 0 Å². The number of anilines is 1. The number of thiophene rings is 1. The first kappa shape index (κ1) is 21.4. The van der Waals surface area contributed by atoms with Crippen LogP contribution in [0.15, 0.2) is 39.6 Å². The van der Waals surface area contributed by atoms with E-state index in [1.807, 2.05) is 28.8 Å². The molecule has 0 saturated carbocycles. The second kappa shape index (κ2) is 8.86. The van der Waals surface area contributed by atoms with E-state index in [1.54, 1.807) is 16.7 Å². The van der Waals surface area contributed by atoms with Crippen LogP contribution < -0.4 is 10.9 Å². The first-order valence-corrected chi connectivity index (χ1v) is 12.4. The minimum Gasteiger partial charge on any atom is -0.376 e. The number of carbonyl (C=O) groups is 1. The maximum atomic E-state index is 13.1. The third kappa shape index (κ3) is 3.92. The summed E-state index contributed by atoms with van der Waals surface area (Å²) in [6.07, 6.45) is 1.90. The molecular weight excluding hydrogens is 470 g/mol. The number of nitrogens with one attached hydrogen (secondary N) is 1. The lowest BCUT2D eigenvalue weighted by Crippen LogP contribution is -2.28. The zero-order valence-corrected chi connectivity index (χ0v) is 19.6. The van der Waals surface area contributed by atoms with Gasteiger partial charge in [-0.1, -0.05) is 29.4 Å². The molecule has 8 nitrogen and oxygen atoms in total. The number of aromatic nitrogens is 4. The Labute approximate surface area is 196 Å². The number of rotatable bonds is 6. The maximum Gasteiger partial charge on any atom is 0.272 e. The highest BCUT2D eigenvalue weighted by Gasteiger charge is 2.23. The zero-order chi connectivity index (χ0) is 22.2. The van der Waals surface area contributed by atoms with E-state index in [1.165, 1.54) is 23.1 Å². The minimum absolute atomic E-state index is 0.00608. The summed E-state index contributed by atoms with van der Waals surface area (Å²) in [7, 11) is 0. The molecule has 166 valence electrons. The summed E-state index contributed by atoms with van der Waals surface area (Å²) in [4.78, 5) is 25.7. The van der Waals surface area contributed by atoms with Crippen LogP contribution in [-0.2, 0) is 16.1 Å². The lowest BCUT2D eigenvalue weighted by atomic mass is 10.2. The van der Waals surface area contributed by atoms with Crippen LogP contribution in [0.25, 0.3) is 16.0 Å². The van der Waals surface area contributed by atoms with Crippen LogP contribution in [0.2, 0.25) is 5.02 Å². The van der Waals surface area contributed by atoms with Crippen LogP contribution in [0, 0.1) is 6.92 Å². The van der Waals surface area contributed by atoms with E-state index in [-0.39, 0.29) is 23.3 Å². The third-order valence-electron chi connectivity index (χ3n) is 5.47. The van der Waals surface area contributed by atoms with Crippen molar-refractivity contribution in [2.75, 3.05) is 17.7 Å². The number of hydrogen-bond donors (Lipinski definition) is 1. The molecule has 0 spiro atoms. The molecular formula is C21H20ClN5O3S2. The topological polar surface area (TPSA) is 90.5 Å². The van der Waals surface area contributed by atoms with Crippen molar-refractivity contribution in [3.63, 3.8) is 0 Å². The summed E-state index contributed by atoms with van der Waals surface area (Å²) in [5, 5.41) is 14.5. The van der Waals surface area contributed by atoms with Gasteiger partial charge in [-0.3, -0.25) is 18.6 Å². The van der Waals surface area contributed by atoms with Crippen molar-refractivity contribution in [1.29, 1.82) is 0 Å². The van der Waals surface area contributed by atoms with Gasteiger partial charge in [0.05, 0.1) is 23.9 Å². The van der Waals surface area contributed by atoms with Gasteiger partial charge in [-0.2, -0.15) is 0 Å². The van der Waals surface area contributed by atoms with Crippen molar-refractivity contribution in [2.24, 2.45) is 0 Å². The highest BCUT2D eigenvalue weighted by molar-refractivity contribution is 7.99. The number of halogens is 1. The molecule has 0 unspecified atom stereocenters. The van der Waals surface area contributed by atoms with Crippen molar-refractivity contribution < 1.29 is 9.53 Å². The molecule has 11 heteroatoms. The highest BCUT2D eigenvalue weighted by atomic mass is 35.5. The molecule has 1 aliphatic rings. The molecule has 1 N–H and O–H groups in total. The average molecular weight is 490 g/mol. The van der Waals surface area contributed by atoms with Crippen molar-refractivity contribution >= 4 is 62.3 Å². The number of thioether (sulfide) groups is 1. The van der Waals surface area contributed by atoms with Crippen molar-refractivity contribution in [2.45, 2.75) is 37.6 Å². The molecule has 4 aromatic rings. The second-order valence-corrected chi connectivity index (χ2v) is 9.82. The molecule has 1 fully saturated rings. The standard InChI is InChI=1S/C21H20ClN5O3S2/c1-12-14(22)5-2-6-15(12)23-17(28)11-32-21-25-24-20-26(10-13-4-3-8-30-13)19(29)18-16(27(20)21)7-9-31-18/h2,5-7,9,13H,3-4,8,10-11H2,1H3,(H,23,28)/t13-/m0/s1. The summed E-state index contributed by atoms with van der Waals surface area (Å²) in [5.74, 6) is 0.430. The van der Waals surface area contributed by atoms with Crippen LogP contribution >= 0.6 is 34.7 Å². The van der Waals surface area contributed by atoms with E-state index in [2.05, 4.69) is 15.5 Å². The predicted molar refractivity (Wildman–Crippen MR) is 127 cm³/mol. The molecule has 1 aromatic carbocycles. The fourth-order valence-corrected chi connectivity index (χ4v) is 5.55. The lowest BCUT2D eigenvalue weighted by molar-refractivity contribution is -0.113. The maximum absolute atomic E-state index is 13.1. The molecule has 4 heterocycles. The number of nitrogens with zero attached hydrogens (tertiary/aromatic N) is 4. The smallest absolute Gasteiger partial charge is 0.272 e. The fourth-order valence-electron chi connectivity index (χ4n) is 3.81. The Morgan fingerprint density at radius 2 is 2.25 bits per heavy atom. The number of hydrogen-bond acceptors (Lipinski definition) is 7. The van der Waals surface area contributed by atoms with Crippen molar-refractivity contribution in [3.05, 3.63) is 50.6 Å². The molecule has 0 radical (unpaired) electrons. The lowest BCUT2D eigenvalue weighted by Gasteiger charge is -2.13. The molecule has 3 aromatic heterocycles. The van der Waals surface area contributed by atoms with E-state index in [0.717, 1.165) is 23.9 Å². The number of fused-ring (bicyclic) bond motifs is 3. The van der Waals surface area contributed by atoms with E-state index in [9.17, 15) is 9.59 Å². The Morgan fingerprint density at radius 1 is 1.38 bits per heavy atom. The van der Waals surface area contributed by atoms with Gasteiger partial charge < -0.3 is 10.1 Å². The van der Waals surface area contributed by atoms with Crippen molar-refractivity contribution in [1.82, 2.24) is 19.2 Å². The quantitative estimate of drug-likeness (QED) is 0.412. The number of carbonyl (C=O) groups excluding carboxylic acids is 1. The van der Waals surface area contributed by atoms with E-state index in [4.69, 9.17) is 16.3 Å². The largest absolute Gasteiger partial charge is 0.376 e. The first-order valence-electron chi connectivity index (χ1n) is 10.2. The zero-order valence-electron chi connectivity index (χ0n) is 17.2. The monoisotopic (exact) mass is 489 g/mol. The van der Waals surface area contributed by atoms with Gasteiger partial charge in [0, 0.05) is 17.3 Å². The Morgan fingerprint density at radius 3 is 3.06 bits per heavy atom. The van der Waals surface area contributed by atoms with Gasteiger partial charge in [0.2, 0.25) is 11.7 Å². The minimum atomic E-state index is -0.175. The van der Waals surface area contributed by atoms with Gasteiger partial charge in [0.15, 0.2) is 5.16 Å². The molecule has 1 amide bonds. The van der Waals surface area contributed by atoms with Gasteiger partial charge in [0.25, 0.3) is 5.56 Å². The summed E-state index contributed by atoms with van der Waals surface area (Å²) in [6, 6.07) is 7.28. The summed E-state index contributed by atoms with van der Waals surface area (Å²) in [5.41, 5.74) is 2.16. The molecule has 32 heavy (non-hydrogen) atoms. The highest BCUT2D eigenvalue weighted by Crippen LogP contribution is 2.26. The molecule has 0 aliphatic carbocycles. The molecule has 5 rings (SSSR count). The number of amides is 1. The predicted octanol–water partition coefficient (Wildman–Crippen LogP) is 3.98. The number of benzene rings is 1. The normalized spacial score (nSPS) is 16.2. The SMILES string of the molecule is Cc1c(Cl)cccc1NC(=O)CSc1nnc2n(C[C@@H]3CCCO3)c(=O)c3sccc3n12. The van der Waals surface area contributed by atoms with Gasteiger partial charge in [-0.25, -0.2) is 0 Å².